The number of furan rings is 1. The molecule has 2 aromatic carbocycles. The van der Waals surface area contributed by atoms with Gasteiger partial charge in [-0.25, -0.2) is 4.98 Å². The normalized spacial score (nSPS) is 10.7. The zero-order valence-electron chi connectivity index (χ0n) is 17.2. The van der Waals surface area contributed by atoms with Crippen molar-refractivity contribution in [1.82, 2.24) is 14.9 Å². The van der Waals surface area contributed by atoms with Gasteiger partial charge >= 0.3 is 0 Å². The van der Waals surface area contributed by atoms with Crippen LogP contribution in [0.2, 0.25) is 0 Å². The fraction of sp³-hybridized carbons (Fsp3) is 0.130. The van der Waals surface area contributed by atoms with Crippen LogP contribution in [0, 0.1) is 0 Å². The number of nitrogens with zero attached hydrogens (tertiary/aromatic N) is 2. The lowest BCUT2D eigenvalue weighted by molar-refractivity contribution is -0.123. The Balaban J connectivity index is 1.34. The number of para-hydroxylation sites is 1. The smallest absolute Gasteiger partial charge is 0.291 e. The maximum Gasteiger partial charge on any atom is 0.291 e. The van der Waals surface area contributed by atoms with Gasteiger partial charge in [-0.2, -0.15) is 0 Å². The van der Waals surface area contributed by atoms with E-state index < -0.39 is 5.91 Å². The molecule has 0 fully saturated rings. The third-order valence-corrected chi connectivity index (χ3v) is 4.73. The Bertz CT molecular complexity index is 1330. The van der Waals surface area contributed by atoms with Crippen LogP contribution in [0.5, 0.6) is 5.75 Å². The van der Waals surface area contributed by atoms with E-state index >= 15 is 0 Å². The summed E-state index contributed by atoms with van der Waals surface area (Å²) in [7, 11) is 1.61. The molecule has 0 atom stereocenters. The number of rotatable bonds is 7. The molecule has 9 nitrogen and oxygen atoms in total. The molecule has 0 bridgehead atoms. The Morgan fingerprint density at radius 1 is 1.09 bits per heavy atom. The monoisotopic (exact) mass is 432 g/mol. The molecule has 2 aromatic heterocycles. The summed E-state index contributed by atoms with van der Waals surface area (Å²) in [5.41, 5.74) is 0.897. The van der Waals surface area contributed by atoms with E-state index in [-0.39, 0.29) is 30.4 Å². The lowest BCUT2D eigenvalue weighted by Crippen LogP contribution is -2.32. The highest BCUT2D eigenvalue weighted by Crippen LogP contribution is 2.18. The summed E-state index contributed by atoms with van der Waals surface area (Å²) in [6, 6.07) is 16.9. The topological polar surface area (TPSA) is 115 Å². The van der Waals surface area contributed by atoms with Crippen molar-refractivity contribution in [2.24, 2.45) is 7.05 Å². The molecule has 0 saturated heterocycles. The van der Waals surface area contributed by atoms with Gasteiger partial charge in [0.05, 0.1) is 23.7 Å². The van der Waals surface area contributed by atoms with Gasteiger partial charge in [0.25, 0.3) is 17.4 Å². The van der Waals surface area contributed by atoms with Crippen molar-refractivity contribution in [2.45, 2.75) is 6.54 Å². The molecule has 162 valence electrons. The number of carbonyl (C=O) groups is 2. The van der Waals surface area contributed by atoms with Crippen LogP contribution in [-0.2, 0) is 18.4 Å². The maximum absolute atomic E-state index is 12.4. The molecule has 32 heavy (non-hydrogen) atoms. The first-order chi connectivity index (χ1) is 15.5. The lowest BCUT2D eigenvalue weighted by Gasteiger charge is -2.11. The Labute approximate surface area is 182 Å². The van der Waals surface area contributed by atoms with E-state index in [1.165, 1.54) is 10.8 Å². The SMILES string of the molecule is Cn1c(CNC(=O)COc2cccc(NC(=O)c3ccco3)c2)nc2ccccc2c1=O. The van der Waals surface area contributed by atoms with E-state index in [0.29, 0.717) is 28.2 Å². The van der Waals surface area contributed by atoms with Crippen LogP contribution < -0.4 is 20.9 Å². The minimum atomic E-state index is -0.390. The van der Waals surface area contributed by atoms with Gasteiger partial charge in [0.15, 0.2) is 12.4 Å². The van der Waals surface area contributed by atoms with E-state index in [1.54, 1.807) is 67.7 Å². The summed E-state index contributed by atoms with van der Waals surface area (Å²) >= 11 is 0. The number of amides is 2. The van der Waals surface area contributed by atoms with Gasteiger partial charge < -0.3 is 19.8 Å². The Morgan fingerprint density at radius 2 is 1.94 bits per heavy atom. The quantitative estimate of drug-likeness (QED) is 0.464. The highest BCUT2D eigenvalue weighted by molar-refractivity contribution is 6.02. The molecule has 4 rings (SSSR count). The van der Waals surface area contributed by atoms with Gasteiger partial charge in [-0.3, -0.25) is 19.0 Å². The molecule has 0 aliphatic rings. The first-order valence-electron chi connectivity index (χ1n) is 9.80. The zero-order chi connectivity index (χ0) is 22.5. The molecule has 2 N–H and O–H groups in total. The summed E-state index contributed by atoms with van der Waals surface area (Å²) < 4.78 is 12.0. The molecule has 4 aromatic rings. The van der Waals surface area contributed by atoms with Crippen LogP contribution in [0.4, 0.5) is 5.69 Å². The average molecular weight is 432 g/mol. The van der Waals surface area contributed by atoms with Crippen LogP contribution in [0.15, 0.2) is 76.1 Å². The second-order valence-electron chi connectivity index (χ2n) is 6.93. The minimum absolute atomic E-state index is 0.0814. The van der Waals surface area contributed by atoms with Crippen molar-refractivity contribution >= 4 is 28.4 Å². The second kappa shape index (κ2) is 9.17. The molecule has 0 saturated carbocycles. The molecular formula is C23H20N4O5. The number of nitrogens with one attached hydrogen (secondary N) is 2. The first kappa shape index (κ1) is 20.9. The second-order valence-corrected chi connectivity index (χ2v) is 6.93. The molecule has 0 aliphatic carbocycles. The highest BCUT2D eigenvalue weighted by atomic mass is 16.5. The Hall–Kier alpha value is -4.40. The Morgan fingerprint density at radius 3 is 2.75 bits per heavy atom. The summed E-state index contributed by atoms with van der Waals surface area (Å²) in [6.45, 7) is -0.158. The largest absolute Gasteiger partial charge is 0.484 e. The summed E-state index contributed by atoms with van der Waals surface area (Å²) in [6.07, 6.45) is 1.42. The van der Waals surface area contributed by atoms with Crippen molar-refractivity contribution in [1.29, 1.82) is 0 Å². The van der Waals surface area contributed by atoms with Gasteiger partial charge in [0, 0.05) is 18.8 Å². The van der Waals surface area contributed by atoms with Gasteiger partial charge in [0.1, 0.15) is 11.6 Å². The molecule has 0 aliphatic heterocycles. The zero-order valence-corrected chi connectivity index (χ0v) is 17.2. The first-order valence-corrected chi connectivity index (χ1v) is 9.80. The van der Waals surface area contributed by atoms with E-state index in [1.807, 2.05) is 0 Å². The number of ether oxygens (including phenoxy) is 1. The minimum Gasteiger partial charge on any atom is -0.484 e. The van der Waals surface area contributed by atoms with E-state index in [2.05, 4.69) is 15.6 Å². The molecule has 2 heterocycles. The molecule has 0 unspecified atom stereocenters. The van der Waals surface area contributed by atoms with Gasteiger partial charge in [-0.15, -0.1) is 0 Å². The molecule has 0 radical (unpaired) electrons. The number of hydrogen-bond acceptors (Lipinski definition) is 6. The predicted octanol–water partition coefficient (Wildman–Crippen LogP) is 2.47. The number of aromatic nitrogens is 2. The summed E-state index contributed by atoms with van der Waals surface area (Å²) in [4.78, 5) is 41.2. The van der Waals surface area contributed by atoms with Crippen LogP contribution in [0.1, 0.15) is 16.4 Å². The van der Waals surface area contributed by atoms with E-state index in [9.17, 15) is 14.4 Å². The van der Waals surface area contributed by atoms with Crippen molar-refractivity contribution in [2.75, 3.05) is 11.9 Å². The molecular weight excluding hydrogens is 412 g/mol. The van der Waals surface area contributed by atoms with Gasteiger partial charge in [-0.05, 0) is 36.4 Å². The number of hydrogen-bond donors (Lipinski definition) is 2. The van der Waals surface area contributed by atoms with Gasteiger partial charge in [-0.1, -0.05) is 18.2 Å². The molecule has 0 spiro atoms. The summed E-state index contributed by atoms with van der Waals surface area (Å²) in [5.74, 6) is 0.265. The van der Waals surface area contributed by atoms with Gasteiger partial charge in [0.2, 0.25) is 0 Å². The number of benzene rings is 2. The predicted molar refractivity (Wildman–Crippen MR) is 117 cm³/mol. The lowest BCUT2D eigenvalue weighted by atomic mass is 10.2. The van der Waals surface area contributed by atoms with Crippen molar-refractivity contribution in [3.8, 4) is 5.75 Å². The number of fused-ring (bicyclic) bond motifs is 1. The fourth-order valence-corrected chi connectivity index (χ4v) is 3.06. The van der Waals surface area contributed by atoms with Crippen molar-refractivity contribution in [3.05, 3.63) is 88.9 Å². The highest BCUT2D eigenvalue weighted by Gasteiger charge is 2.11. The average Bonchev–Trinajstić information content (AvgIpc) is 3.35. The van der Waals surface area contributed by atoms with Crippen molar-refractivity contribution in [3.63, 3.8) is 0 Å². The molecule has 2 amide bonds. The Kier molecular flexibility index (Phi) is 5.98. The van der Waals surface area contributed by atoms with Crippen LogP contribution in [0.3, 0.4) is 0 Å². The van der Waals surface area contributed by atoms with Crippen LogP contribution in [0.25, 0.3) is 10.9 Å². The third kappa shape index (κ3) is 4.67. The third-order valence-electron chi connectivity index (χ3n) is 4.73. The van der Waals surface area contributed by atoms with Crippen LogP contribution in [-0.4, -0.2) is 28.0 Å². The van der Waals surface area contributed by atoms with E-state index in [4.69, 9.17) is 9.15 Å². The maximum atomic E-state index is 12.4. The summed E-state index contributed by atoms with van der Waals surface area (Å²) in [5, 5.41) is 5.91. The van der Waals surface area contributed by atoms with E-state index in [0.717, 1.165) is 0 Å². The number of carbonyl (C=O) groups excluding carboxylic acids is 2. The standard InChI is InChI=1S/C23H20N4O5/c1-27-20(26-18-9-3-2-8-17(18)23(27)30)13-24-21(28)14-32-16-7-4-6-15(12-16)25-22(29)19-10-5-11-31-19/h2-12H,13-14H2,1H3,(H,24,28)(H,25,29). The fourth-order valence-electron chi connectivity index (χ4n) is 3.06. The van der Waals surface area contributed by atoms with Crippen molar-refractivity contribution < 1.29 is 18.7 Å². The number of anilines is 1. The van der Waals surface area contributed by atoms with Crippen LogP contribution >= 0.6 is 0 Å². The molecule has 9 heteroatoms.